The monoisotopic (exact) mass is 210 g/mol. The minimum atomic E-state index is -4.43. The third kappa shape index (κ3) is 2.47. The van der Waals surface area contributed by atoms with Gasteiger partial charge in [0.15, 0.2) is 6.10 Å². The first-order valence-electron chi connectivity index (χ1n) is 4.68. The molecule has 0 aromatic carbocycles. The highest BCUT2D eigenvalue weighted by Crippen LogP contribution is 2.35. The van der Waals surface area contributed by atoms with E-state index in [0.717, 1.165) is 0 Å². The summed E-state index contributed by atoms with van der Waals surface area (Å²) >= 11 is 0. The van der Waals surface area contributed by atoms with Gasteiger partial charge in [-0.15, -0.1) is 0 Å². The first-order valence-corrected chi connectivity index (χ1v) is 4.68. The third-order valence-corrected chi connectivity index (χ3v) is 2.39. The molecule has 0 amide bonds. The minimum absolute atomic E-state index is 0.0199. The number of carbonyl (C=O) groups is 1. The van der Waals surface area contributed by atoms with Gasteiger partial charge in [0.25, 0.3) is 0 Å². The fourth-order valence-electron chi connectivity index (χ4n) is 1.78. The molecule has 0 N–H and O–H groups in total. The number of hydrogen-bond acceptors (Lipinski definition) is 2. The molecule has 1 aliphatic carbocycles. The van der Waals surface area contributed by atoms with Crippen LogP contribution in [0, 0.1) is 5.92 Å². The molecule has 14 heavy (non-hydrogen) atoms. The van der Waals surface area contributed by atoms with Gasteiger partial charge in [-0.3, -0.25) is 4.79 Å². The predicted octanol–water partition coefficient (Wildman–Crippen LogP) is 2.32. The number of rotatable bonds is 3. The Morgan fingerprint density at radius 2 is 2.21 bits per heavy atom. The van der Waals surface area contributed by atoms with E-state index in [1.165, 1.54) is 6.92 Å². The number of ketones is 1. The second kappa shape index (κ2) is 4.29. The van der Waals surface area contributed by atoms with Crippen LogP contribution in [0.2, 0.25) is 0 Å². The first kappa shape index (κ1) is 11.5. The summed E-state index contributed by atoms with van der Waals surface area (Å²) in [6.07, 6.45) is -5.24. The van der Waals surface area contributed by atoms with Crippen molar-refractivity contribution in [2.24, 2.45) is 5.92 Å². The lowest BCUT2D eigenvalue weighted by atomic mass is 9.99. The molecule has 0 aliphatic heterocycles. The van der Waals surface area contributed by atoms with Crippen LogP contribution in [0.3, 0.4) is 0 Å². The molecule has 2 atom stereocenters. The molecule has 0 saturated heterocycles. The van der Waals surface area contributed by atoms with Gasteiger partial charge in [-0.1, -0.05) is 0 Å². The Labute approximate surface area is 80.4 Å². The lowest BCUT2D eigenvalue weighted by Crippen LogP contribution is -2.40. The van der Waals surface area contributed by atoms with E-state index < -0.39 is 18.2 Å². The number of hydrogen-bond donors (Lipinski definition) is 0. The average Bonchev–Trinajstić information content (AvgIpc) is 2.45. The number of carbonyl (C=O) groups excluding carboxylic acids is 1. The van der Waals surface area contributed by atoms with Crippen LogP contribution < -0.4 is 0 Å². The van der Waals surface area contributed by atoms with Crippen molar-refractivity contribution in [3.05, 3.63) is 0 Å². The molecule has 1 fully saturated rings. The van der Waals surface area contributed by atoms with Gasteiger partial charge >= 0.3 is 6.18 Å². The second-order valence-corrected chi connectivity index (χ2v) is 3.38. The zero-order chi connectivity index (χ0) is 10.8. The normalized spacial score (nSPS) is 25.4. The molecule has 0 aromatic heterocycles. The fourth-order valence-corrected chi connectivity index (χ4v) is 1.78. The summed E-state index contributed by atoms with van der Waals surface area (Å²) < 4.78 is 42.0. The molecule has 2 nitrogen and oxygen atoms in total. The van der Waals surface area contributed by atoms with Crippen molar-refractivity contribution in [1.29, 1.82) is 0 Å². The second-order valence-electron chi connectivity index (χ2n) is 3.38. The average molecular weight is 210 g/mol. The molecule has 82 valence electrons. The Kier molecular flexibility index (Phi) is 3.53. The Morgan fingerprint density at radius 3 is 2.57 bits per heavy atom. The smallest absolute Gasteiger partial charge is 0.368 e. The van der Waals surface area contributed by atoms with Gasteiger partial charge in [0, 0.05) is 13.0 Å². The lowest BCUT2D eigenvalue weighted by Gasteiger charge is -2.24. The van der Waals surface area contributed by atoms with Crippen molar-refractivity contribution < 1.29 is 22.7 Å². The van der Waals surface area contributed by atoms with Crippen LogP contribution in [0.15, 0.2) is 0 Å². The summed E-state index contributed by atoms with van der Waals surface area (Å²) in [6.45, 7) is 1.48. The molecule has 0 aromatic rings. The molecular weight excluding hydrogens is 197 g/mol. The zero-order valence-corrected chi connectivity index (χ0v) is 7.93. The van der Waals surface area contributed by atoms with E-state index in [4.69, 9.17) is 0 Å². The van der Waals surface area contributed by atoms with Gasteiger partial charge in [0.05, 0.1) is 5.92 Å². The summed E-state index contributed by atoms with van der Waals surface area (Å²) in [4.78, 5) is 11.2. The highest BCUT2D eigenvalue weighted by Gasteiger charge is 2.49. The molecule has 0 unspecified atom stereocenters. The standard InChI is InChI=1S/C9H13F3O2/c1-2-14-8(9(10,11)12)6-4-3-5-7(6)13/h6,8H,2-5H2,1H3/t6-,8+/m1/s1. The summed E-state index contributed by atoms with van der Waals surface area (Å²) in [6, 6.07) is 0. The Morgan fingerprint density at radius 1 is 1.57 bits per heavy atom. The van der Waals surface area contributed by atoms with Gasteiger partial charge in [0.1, 0.15) is 5.78 Å². The Bertz CT molecular complexity index is 213. The summed E-state index contributed by atoms with van der Waals surface area (Å²) in [5, 5.41) is 0. The summed E-state index contributed by atoms with van der Waals surface area (Å²) in [5.41, 5.74) is 0. The van der Waals surface area contributed by atoms with Gasteiger partial charge in [0.2, 0.25) is 0 Å². The molecule has 0 radical (unpaired) electrons. The van der Waals surface area contributed by atoms with Crippen molar-refractivity contribution in [3.63, 3.8) is 0 Å². The van der Waals surface area contributed by atoms with E-state index >= 15 is 0 Å². The molecule has 0 spiro atoms. The van der Waals surface area contributed by atoms with Crippen LogP contribution in [0.5, 0.6) is 0 Å². The zero-order valence-electron chi connectivity index (χ0n) is 7.93. The first-order chi connectivity index (χ1) is 6.46. The van der Waals surface area contributed by atoms with Gasteiger partial charge in [-0.05, 0) is 19.8 Å². The molecule has 0 bridgehead atoms. The maximum absolute atomic E-state index is 12.5. The molecule has 1 aliphatic rings. The van der Waals surface area contributed by atoms with Gasteiger partial charge in [-0.25, -0.2) is 0 Å². The maximum Gasteiger partial charge on any atom is 0.415 e. The van der Waals surface area contributed by atoms with E-state index in [-0.39, 0.29) is 18.8 Å². The van der Waals surface area contributed by atoms with Gasteiger partial charge in [-0.2, -0.15) is 13.2 Å². The van der Waals surface area contributed by atoms with E-state index in [0.29, 0.717) is 12.8 Å². The minimum Gasteiger partial charge on any atom is -0.368 e. The van der Waals surface area contributed by atoms with E-state index in [1.54, 1.807) is 0 Å². The largest absolute Gasteiger partial charge is 0.415 e. The van der Waals surface area contributed by atoms with Gasteiger partial charge < -0.3 is 4.74 Å². The van der Waals surface area contributed by atoms with Crippen molar-refractivity contribution in [2.75, 3.05) is 6.61 Å². The molecule has 5 heteroatoms. The van der Waals surface area contributed by atoms with Crippen molar-refractivity contribution in [1.82, 2.24) is 0 Å². The molecule has 1 rings (SSSR count). The van der Waals surface area contributed by atoms with E-state index in [2.05, 4.69) is 4.74 Å². The number of halogens is 3. The number of Topliss-reactive ketones (excluding diaryl/α,β-unsaturated/α-hetero) is 1. The molecule has 0 heterocycles. The highest BCUT2D eigenvalue weighted by molar-refractivity contribution is 5.83. The van der Waals surface area contributed by atoms with E-state index in [1.807, 2.05) is 0 Å². The van der Waals surface area contributed by atoms with Crippen LogP contribution in [-0.4, -0.2) is 24.7 Å². The topological polar surface area (TPSA) is 26.3 Å². The van der Waals surface area contributed by atoms with Crippen LogP contribution in [0.4, 0.5) is 13.2 Å². The lowest BCUT2D eigenvalue weighted by molar-refractivity contribution is -0.232. The van der Waals surface area contributed by atoms with Crippen molar-refractivity contribution in [2.45, 2.75) is 38.5 Å². The highest BCUT2D eigenvalue weighted by atomic mass is 19.4. The van der Waals surface area contributed by atoms with Crippen LogP contribution in [-0.2, 0) is 9.53 Å². The van der Waals surface area contributed by atoms with Crippen LogP contribution in [0.1, 0.15) is 26.2 Å². The SMILES string of the molecule is CCO[C@@H]([C@@H]1CCCC1=O)C(F)(F)F. The molecule has 1 saturated carbocycles. The van der Waals surface area contributed by atoms with Crippen molar-refractivity contribution in [3.8, 4) is 0 Å². The number of ether oxygens (including phenoxy) is 1. The van der Waals surface area contributed by atoms with E-state index in [9.17, 15) is 18.0 Å². The quantitative estimate of drug-likeness (QED) is 0.714. The van der Waals surface area contributed by atoms with Crippen LogP contribution >= 0.6 is 0 Å². The van der Waals surface area contributed by atoms with Crippen molar-refractivity contribution >= 4 is 5.78 Å². The summed E-state index contributed by atoms with van der Waals surface area (Å²) in [5.74, 6) is -1.30. The number of alkyl halides is 3. The van der Waals surface area contributed by atoms with Crippen LogP contribution in [0.25, 0.3) is 0 Å². The molecular formula is C9H13F3O2. The Balaban J connectivity index is 2.71. The third-order valence-electron chi connectivity index (χ3n) is 2.39. The fraction of sp³-hybridized carbons (Fsp3) is 0.889. The summed E-state index contributed by atoms with van der Waals surface area (Å²) in [7, 11) is 0. The Hall–Kier alpha value is -0.580. The maximum atomic E-state index is 12.5. The predicted molar refractivity (Wildman–Crippen MR) is 43.8 cm³/mol.